The number of carbonyl (C=O) groups excluding carboxylic acids is 1. The molecule has 2 aromatic rings. The van der Waals surface area contributed by atoms with E-state index in [0.717, 1.165) is 30.2 Å². The summed E-state index contributed by atoms with van der Waals surface area (Å²) < 4.78 is 7.29. The summed E-state index contributed by atoms with van der Waals surface area (Å²) in [6.07, 6.45) is 1.77. The van der Waals surface area contributed by atoms with Crippen LogP contribution in [0.3, 0.4) is 0 Å². The van der Waals surface area contributed by atoms with Crippen LogP contribution in [0.1, 0.15) is 0 Å². The number of carbonyl (C=O) groups is 1. The monoisotopic (exact) mass is 301 g/mol. The van der Waals surface area contributed by atoms with E-state index in [-0.39, 0.29) is 11.8 Å². The van der Waals surface area contributed by atoms with E-state index in [1.165, 1.54) is 0 Å². The number of morpholine rings is 1. The number of nitrogens with zero attached hydrogens (tertiary/aromatic N) is 5. The lowest BCUT2D eigenvalue weighted by atomic mass is 9.99. The molecule has 0 radical (unpaired) electrons. The zero-order valence-corrected chi connectivity index (χ0v) is 12.6. The molecule has 0 atom stereocenters. The summed E-state index contributed by atoms with van der Waals surface area (Å²) in [5, 5.41) is 0. The van der Waals surface area contributed by atoms with Crippen molar-refractivity contribution in [2.45, 2.75) is 0 Å². The van der Waals surface area contributed by atoms with Crippen LogP contribution in [0.5, 0.6) is 0 Å². The third kappa shape index (κ3) is 2.12. The highest BCUT2D eigenvalue weighted by Gasteiger charge is 2.37. The van der Waals surface area contributed by atoms with Crippen molar-refractivity contribution in [3.63, 3.8) is 0 Å². The summed E-state index contributed by atoms with van der Waals surface area (Å²) in [5.41, 5.74) is 1.77. The molecule has 0 aliphatic carbocycles. The van der Waals surface area contributed by atoms with Gasteiger partial charge in [0, 0.05) is 39.4 Å². The number of imidazole rings is 1. The summed E-state index contributed by atoms with van der Waals surface area (Å²) in [4.78, 5) is 25.5. The Morgan fingerprint density at radius 3 is 2.82 bits per heavy atom. The molecule has 116 valence electrons. The van der Waals surface area contributed by atoms with Crippen LogP contribution in [-0.2, 0) is 16.6 Å². The quantitative estimate of drug-likeness (QED) is 0.796. The zero-order chi connectivity index (χ0) is 15.1. The lowest BCUT2D eigenvalue weighted by molar-refractivity contribution is -0.140. The molecular weight excluding hydrogens is 282 g/mol. The molecule has 7 heteroatoms. The summed E-state index contributed by atoms with van der Waals surface area (Å²) in [6, 6.07) is 3.85. The zero-order valence-electron chi connectivity index (χ0n) is 12.6. The van der Waals surface area contributed by atoms with Crippen LogP contribution >= 0.6 is 0 Å². The number of rotatable bonds is 2. The molecule has 0 N–H and O–H groups in total. The highest BCUT2D eigenvalue weighted by atomic mass is 16.5. The molecule has 0 spiro atoms. The van der Waals surface area contributed by atoms with Crippen LogP contribution in [0.25, 0.3) is 11.2 Å². The SMILES string of the molecule is Cn1c(N2CC(C(=O)N3CCOCC3)C2)nc2cccnc21. The van der Waals surface area contributed by atoms with Gasteiger partial charge in [0.1, 0.15) is 5.52 Å². The van der Waals surface area contributed by atoms with Crippen LogP contribution in [-0.4, -0.2) is 64.7 Å². The smallest absolute Gasteiger partial charge is 0.229 e. The van der Waals surface area contributed by atoms with Gasteiger partial charge in [0.05, 0.1) is 19.1 Å². The normalized spacial score (nSPS) is 19.5. The van der Waals surface area contributed by atoms with Crippen molar-refractivity contribution in [2.75, 3.05) is 44.3 Å². The average molecular weight is 301 g/mol. The minimum absolute atomic E-state index is 0.0749. The lowest BCUT2D eigenvalue weighted by Crippen LogP contribution is -2.56. The van der Waals surface area contributed by atoms with E-state index in [2.05, 4.69) is 14.9 Å². The maximum Gasteiger partial charge on any atom is 0.229 e. The first-order valence-electron chi connectivity index (χ1n) is 7.63. The molecule has 0 aromatic carbocycles. The molecule has 0 saturated carbocycles. The second-order valence-corrected chi connectivity index (χ2v) is 5.86. The molecule has 7 nitrogen and oxygen atoms in total. The molecule has 22 heavy (non-hydrogen) atoms. The number of hydrogen-bond donors (Lipinski definition) is 0. The van der Waals surface area contributed by atoms with Crippen LogP contribution in [0.15, 0.2) is 18.3 Å². The predicted octanol–water partition coefficient (Wildman–Crippen LogP) is 0.263. The number of pyridine rings is 1. The van der Waals surface area contributed by atoms with Gasteiger partial charge in [0.25, 0.3) is 0 Å². The number of fused-ring (bicyclic) bond motifs is 1. The Hall–Kier alpha value is -2.15. The minimum atomic E-state index is 0.0749. The van der Waals surface area contributed by atoms with Gasteiger partial charge in [-0.05, 0) is 12.1 Å². The van der Waals surface area contributed by atoms with Gasteiger partial charge in [-0.25, -0.2) is 9.97 Å². The number of aryl methyl sites for hydroxylation is 1. The highest BCUT2D eigenvalue weighted by Crippen LogP contribution is 2.27. The van der Waals surface area contributed by atoms with Crippen molar-refractivity contribution >= 4 is 23.0 Å². The van der Waals surface area contributed by atoms with Gasteiger partial charge in [0.2, 0.25) is 11.9 Å². The molecule has 2 aliphatic heterocycles. The van der Waals surface area contributed by atoms with Gasteiger partial charge in [-0.1, -0.05) is 0 Å². The standard InChI is InChI=1S/C15H19N5O2/c1-18-13-12(3-2-4-16-13)17-15(18)20-9-11(10-20)14(21)19-5-7-22-8-6-19/h2-4,11H,5-10H2,1H3. The third-order valence-corrected chi connectivity index (χ3v) is 4.44. The van der Waals surface area contributed by atoms with Gasteiger partial charge in [-0.15, -0.1) is 0 Å². The topological polar surface area (TPSA) is 63.5 Å². The number of hydrogen-bond acceptors (Lipinski definition) is 5. The van der Waals surface area contributed by atoms with E-state index in [0.29, 0.717) is 26.3 Å². The highest BCUT2D eigenvalue weighted by molar-refractivity contribution is 5.82. The second kappa shape index (κ2) is 5.24. The fourth-order valence-corrected chi connectivity index (χ4v) is 3.13. The Morgan fingerprint density at radius 1 is 1.32 bits per heavy atom. The maximum absolute atomic E-state index is 12.4. The van der Waals surface area contributed by atoms with E-state index in [4.69, 9.17) is 4.74 Å². The van der Waals surface area contributed by atoms with Crippen molar-refractivity contribution in [2.24, 2.45) is 13.0 Å². The first kappa shape index (κ1) is 13.5. The Kier molecular flexibility index (Phi) is 3.22. The molecule has 4 rings (SSSR count). The Morgan fingerprint density at radius 2 is 2.09 bits per heavy atom. The summed E-state index contributed by atoms with van der Waals surface area (Å²) >= 11 is 0. The van der Waals surface area contributed by atoms with E-state index in [1.54, 1.807) is 6.20 Å². The van der Waals surface area contributed by atoms with Crippen LogP contribution in [0.4, 0.5) is 5.95 Å². The number of anilines is 1. The Balaban J connectivity index is 1.46. The molecule has 0 bridgehead atoms. The first-order valence-corrected chi connectivity index (χ1v) is 7.63. The molecule has 2 fully saturated rings. The van der Waals surface area contributed by atoms with E-state index in [1.807, 2.05) is 28.6 Å². The first-order chi connectivity index (χ1) is 10.7. The maximum atomic E-state index is 12.4. The molecule has 2 aromatic heterocycles. The van der Waals surface area contributed by atoms with E-state index >= 15 is 0 Å². The van der Waals surface area contributed by atoms with Gasteiger partial charge in [0.15, 0.2) is 5.65 Å². The second-order valence-electron chi connectivity index (χ2n) is 5.86. The lowest BCUT2D eigenvalue weighted by Gasteiger charge is -2.41. The van der Waals surface area contributed by atoms with Crippen LogP contribution in [0, 0.1) is 5.92 Å². The van der Waals surface area contributed by atoms with Crippen LogP contribution in [0.2, 0.25) is 0 Å². The van der Waals surface area contributed by atoms with Crippen molar-refractivity contribution in [3.05, 3.63) is 18.3 Å². The summed E-state index contributed by atoms with van der Waals surface area (Å²) in [7, 11) is 1.97. The van der Waals surface area contributed by atoms with E-state index in [9.17, 15) is 4.79 Å². The predicted molar refractivity (Wildman–Crippen MR) is 81.6 cm³/mol. The average Bonchev–Trinajstić information content (AvgIpc) is 2.84. The Labute approximate surface area is 128 Å². The van der Waals surface area contributed by atoms with Gasteiger partial charge >= 0.3 is 0 Å². The van der Waals surface area contributed by atoms with E-state index < -0.39 is 0 Å². The Bertz CT molecular complexity index is 701. The van der Waals surface area contributed by atoms with Gasteiger partial charge in [-0.2, -0.15) is 0 Å². The molecule has 1 amide bonds. The third-order valence-electron chi connectivity index (χ3n) is 4.44. The van der Waals surface area contributed by atoms with Gasteiger partial charge in [-0.3, -0.25) is 9.36 Å². The van der Waals surface area contributed by atoms with Crippen molar-refractivity contribution in [1.82, 2.24) is 19.4 Å². The number of ether oxygens (including phenoxy) is 1. The van der Waals surface area contributed by atoms with Crippen molar-refractivity contribution < 1.29 is 9.53 Å². The molecular formula is C15H19N5O2. The number of aromatic nitrogens is 3. The fraction of sp³-hybridized carbons (Fsp3) is 0.533. The summed E-state index contributed by atoms with van der Waals surface area (Å²) in [6.45, 7) is 4.19. The molecule has 4 heterocycles. The summed E-state index contributed by atoms with van der Waals surface area (Å²) in [5.74, 6) is 1.21. The molecule has 0 unspecified atom stereocenters. The van der Waals surface area contributed by atoms with Crippen molar-refractivity contribution in [1.29, 1.82) is 0 Å². The minimum Gasteiger partial charge on any atom is -0.378 e. The largest absolute Gasteiger partial charge is 0.378 e. The van der Waals surface area contributed by atoms with Gasteiger partial charge < -0.3 is 14.5 Å². The van der Waals surface area contributed by atoms with Crippen LogP contribution < -0.4 is 4.90 Å². The van der Waals surface area contributed by atoms with Crippen molar-refractivity contribution in [3.8, 4) is 0 Å². The molecule has 2 aliphatic rings. The number of amides is 1. The fourth-order valence-electron chi connectivity index (χ4n) is 3.13. The molecule has 2 saturated heterocycles.